The summed E-state index contributed by atoms with van der Waals surface area (Å²) < 4.78 is 0. The lowest BCUT2D eigenvalue weighted by Gasteiger charge is -2.08. The van der Waals surface area contributed by atoms with Crippen molar-refractivity contribution in [2.45, 2.75) is 85.0 Å². The van der Waals surface area contributed by atoms with E-state index >= 15 is 0 Å². The Kier molecular flexibility index (Phi) is 11.2. The monoisotopic (exact) mass is 313 g/mol. The van der Waals surface area contributed by atoms with Gasteiger partial charge in [0, 0.05) is 12.1 Å². The van der Waals surface area contributed by atoms with E-state index in [9.17, 15) is 0 Å². The zero-order chi connectivity index (χ0) is 16.8. The van der Waals surface area contributed by atoms with Gasteiger partial charge in [0.2, 0.25) is 0 Å². The van der Waals surface area contributed by atoms with Crippen molar-refractivity contribution in [2.24, 2.45) is 4.99 Å². The molecule has 0 aliphatic heterocycles. The minimum atomic E-state index is 1.03. The van der Waals surface area contributed by atoms with Crippen LogP contribution in [0.1, 0.15) is 85.0 Å². The third kappa shape index (κ3) is 10.1. The highest BCUT2D eigenvalue weighted by Crippen LogP contribution is 2.17. The summed E-state index contributed by atoms with van der Waals surface area (Å²) in [6.07, 6.45) is 15.0. The summed E-state index contributed by atoms with van der Waals surface area (Å²) in [6.45, 7) is 6.79. The first-order chi connectivity index (χ1) is 11.3. The Hall–Kier alpha value is -1.37. The van der Waals surface area contributed by atoms with Gasteiger partial charge >= 0.3 is 0 Å². The molecule has 0 heterocycles. The van der Waals surface area contributed by atoms with Gasteiger partial charge in [-0.1, -0.05) is 75.8 Å². The van der Waals surface area contributed by atoms with Crippen LogP contribution in [0.5, 0.6) is 0 Å². The van der Waals surface area contributed by atoms with Gasteiger partial charge in [-0.15, -0.1) is 0 Å². The minimum absolute atomic E-state index is 1.03. The molecule has 0 saturated heterocycles. The van der Waals surface area contributed by atoms with E-state index in [4.69, 9.17) is 4.99 Å². The first-order valence-electron chi connectivity index (χ1n) is 9.53. The highest BCUT2D eigenvalue weighted by Gasteiger charge is 2.02. The van der Waals surface area contributed by atoms with Crippen molar-refractivity contribution < 1.29 is 0 Å². The average Bonchev–Trinajstić information content (AvgIpc) is 2.56. The quantitative estimate of drug-likeness (QED) is 0.213. The number of rotatable bonds is 12. The van der Waals surface area contributed by atoms with Crippen molar-refractivity contribution in [1.29, 1.82) is 0 Å². The van der Waals surface area contributed by atoms with Crippen molar-refractivity contribution >= 4 is 11.4 Å². The number of nitrogens with zero attached hydrogens (tertiary/aromatic N) is 1. The molecule has 23 heavy (non-hydrogen) atoms. The highest BCUT2D eigenvalue weighted by molar-refractivity contribution is 5.88. The molecule has 0 saturated carbocycles. The minimum Gasteiger partial charge on any atom is -0.258 e. The Labute approximate surface area is 143 Å². The Bertz CT molecular complexity index is 456. The van der Waals surface area contributed by atoms with Gasteiger partial charge in [0.05, 0.1) is 5.69 Å². The lowest BCUT2D eigenvalue weighted by Crippen LogP contribution is -1.99. The Morgan fingerprint density at radius 2 is 1.61 bits per heavy atom. The van der Waals surface area contributed by atoms with E-state index in [2.05, 4.69) is 57.2 Å². The molecule has 1 rings (SSSR count). The van der Waals surface area contributed by atoms with Crippen molar-refractivity contribution in [3.8, 4) is 0 Å². The summed E-state index contributed by atoms with van der Waals surface area (Å²) in [5.74, 6) is 0. The number of hydrogen-bond acceptors (Lipinski definition) is 1. The number of allylic oxidation sites excluding steroid dienone is 2. The van der Waals surface area contributed by atoms with E-state index < -0.39 is 0 Å². The molecule has 0 bridgehead atoms. The molecule has 128 valence electrons. The molecular formula is C22H35N. The second-order valence-corrected chi connectivity index (χ2v) is 6.55. The predicted octanol–water partition coefficient (Wildman–Crippen LogP) is 7.65. The van der Waals surface area contributed by atoms with Gasteiger partial charge in [-0.2, -0.15) is 0 Å². The number of benzene rings is 1. The van der Waals surface area contributed by atoms with Crippen LogP contribution in [0.15, 0.2) is 47.0 Å². The molecule has 0 unspecified atom stereocenters. The molecule has 1 heteroatoms. The largest absolute Gasteiger partial charge is 0.258 e. The third-order valence-corrected chi connectivity index (χ3v) is 4.15. The molecule has 0 aliphatic rings. The maximum atomic E-state index is 4.92. The van der Waals surface area contributed by atoms with Crippen LogP contribution in [0.3, 0.4) is 0 Å². The van der Waals surface area contributed by atoms with E-state index in [1.807, 2.05) is 0 Å². The van der Waals surface area contributed by atoms with E-state index in [0.717, 1.165) is 18.5 Å². The van der Waals surface area contributed by atoms with Crippen LogP contribution in [-0.2, 0) is 0 Å². The topological polar surface area (TPSA) is 12.4 Å². The fourth-order valence-corrected chi connectivity index (χ4v) is 2.76. The van der Waals surface area contributed by atoms with Crippen LogP contribution in [0.25, 0.3) is 0 Å². The van der Waals surface area contributed by atoms with Crippen LogP contribution in [0.2, 0.25) is 0 Å². The lowest BCUT2D eigenvalue weighted by molar-refractivity contribution is 0.680. The van der Waals surface area contributed by atoms with Gasteiger partial charge in [-0.25, -0.2) is 0 Å². The molecule has 1 aromatic rings. The fraction of sp³-hybridized carbons (Fsp3) is 0.591. The molecular weight excluding hydrogens is 278 g/mol. The molecule has 0 amide bonds. The van der Waals surface area contributed by atoms with Crippen molar-refractivity contribution in [3.63, 3.8) is 0 Å². The Morgan fingerprint density at radius 1 is 0.913 bits per heavy atom. The summed E-state index contributed by atoms with van der Waals surface area (Å²) in [7, 11) is 0. The molecule has 0 atom stereocenters. The first kappa shape index (κ1) is 19.7. The summed E-state index contributed by atoms with van der Waals surface area (Å²) in [5, 5.41) is 0. The van der Waals surface area contributed by atoms with Crippen molar-refractivity contribution in [1.82, 2.24) is 0 Å². The molecule has 0 spiro atoms. The Morgan fingerprint density at radius 3 is 2.30 bits per heavy atom. The maximum Gasteiger partial charge on any atom is 0.0629 e. The Balaban J connectivity index is 2.61. The van der Waals surface area contributed by atoms with Gasteiger partial charge in [0.1, 0.15) is 0 Å². The van der Waals surface area contributed by atoms with Crippen LogP contribution in [0, 0.1) is 0 Å². The SMILES string of the molecule is CCCCCC=C(C)CC(CCCCCC)=Nc1ccccc1. The summed E-state index contributed by atoms with van der Waals surface area (Å²) in [6, 6.07) is 10.4. The van der Waals surface area contributed by atoms with Crippen LogP contribution in [0.4, 0.5) is 5.69 Å². The molecule has 0 radical (unpaired) electrons. The van der Waals surface area contributed by atoms with E-state index in [1.54, 1.807) is 0 Å². The van der Waals surface area contributed by atoms with Gasteiger partial charge in [0.15, 0.2) is 0 Å². The normalized spacial score (nSPS) is 12.7. The van der Waals surface area contributed by atoms with Crippen LogP contribution >= 0.6 is 0 Å². The number of unbranched alkanes of at least 4 members (excludes halogenated alkanes) is 6. The first-order valence-corrected chi connectivity index (χ1v) is 9.53. The summed E-state index contributed by atoms with van der Waals surface area (Å²) in [5.41, 5.74) is 3.92. The summed E-state index contributed by atoms with van der Waals surface area (Å²) >= 11 is 0. The molecule has 0 fully saturated rings. The number of hydrogen-bond donors (Lipinski definition) is 0. The van der Waals surface area contributed by atoms with E-state index in [0.29, 0.717) is 0 Å². The van der Waals surface area contributed by atoms with E-state index in [-0.39, 0.29) is 0 Å². The van der Waals surface area contributed by atoms with Crippen molar-refractivity contribution in [2.75, 3.05) is 0 Å². The lowest BCUT2D eigenvalue weighted by atomic mass is 10.0. The molecule has 0 N–H and O–H groups in total. The standard InChI is InChI=1S/C22H35N/c1-4-6-8-11-15-20(3)19-22(18-12-9-7-5-2)23-21-16-13-10-14-17-21/h10,13-17H,4-9,11-12,18-19H2,1-3H3. The summed E-state index contributed by atoms with van der Waals surface area (Å²) in [4.78, 5) is 4.92. The zero-order valence-corrected chi connectivity index (χ0v) is 15.5. The zero-order valence-electron chi connectivity index (χ0n) is 15.5. The van der Waals surface area contributed by atoms with Gasteiger partial charge in [0.25, 0.3) is 0 Å². The smallest absolute Gasteiger partial charge is 0.0629 e. The van der Waals surface area contributed by atoms with Crippen LogP contribution in [-0.4, -0.2) is 5.71 Å². The van der Waals surface area contributed by atoms with Crippen molar-refractivity contribution in [3.05, 3.63) is 42.0 Å². The van der Waals surface area contributed by atoms with Crippen LogP contribution < -0.4 is 0 Å². The molecule has 1 nitrogen and oxygen atoms in total. The van der Waals surface area contributed by atoms with Gasteiger partial charge in [-0.3, -0.25) is 4.99 Å². The average molecular weight is 314 g/mol. The predicted molar refractivity (Wildman–Crippen MR) is 105 cm³/mol. The molecule has 0 aromatic heterocycles. The van der Waals surface area contributed by atoms with Gasteiger partial charge < -0.3 is 0 Å². The molecule has 0 aliphatic carbocycles. The third-order valence-electron chi connectivity index (χ3n) is 4.15. The maximum absolute atomic E-state index is 4.92. The second kappa shape index (κ2) is 13.1. The number of para-hydroxylation sites is 1. The fourth-order valence-electron chi connectivity index (χ4n) is 2.76. The van der Waals surface area contributed by atoms with Gasteiger partial charge in [-0.05, 0) is 44.7 Å². The number of aliphatic imine (C=N–C) groups is 1. The molecule has 1 aromatic carbocycles. The van der Waals surface area contributed by atoms with E-state index in [1.165, 1.54) is 62.7 Å². The second-order valence-electron chi connectivity index (χ2n) is 6.55. The highest BCUT2D eigenvalue weighted by atomic mass is 14.7.